The van der Waals surface area contributed by atoms with Gasteiger partial charge in [0.15, 0.2) is 11.5 Å². The molecule has 1 unspecified atom stereocenters. The molecule has 5 heteroatoms. The van der Waals surface area contributed by atoms with E-state index in [1.54, 1.807) is 18.2 Å². The molecule has 1 aliphatic heterocycles. The summed E-state index contributed by atoms with van der Waals surface area (Å²) in [6.45, 7) is 0.955. The Hall–Kier alpha value is -0.840. The molecule has 0 amide bonds. The van der Waals surface area contributed by atoms with Gasteiger partial charge in [-0.25, -0.2) is 8.78 Å². The predicted octanol–water partition coefficient (Wildman–Crippen LogP) is 3.16. The molecule has 0 bridgehead atoms. The van der Waals surface area contributed by atoms with Gasteiger partial charge in [0, 0.05) is 0 Å². The Morgan fingerprint density at radius 2 is 1.80 bits per heavy atom. The Morgan fingerprint density at radius 1 is 1.13 bits per heavy atom. The number of hydrogen-bond donors (Lipinski definition) is 0. The number of ether oxygens (including phenoxy) is 2. The maximum atomic E-state index is 12.4. The maximum absolute atomic E-state index is 12.4. The third kappa shape index (κ3) is 2.22. The van der Waals surface area contributed by atoms with Gasteiger partial charge >= 0.3 is 0 Å². The normalized spacial score (nSPS) is 16.5. The highest BCUT2D eigenvalue weighted by molar-refractivity contribution is 9.09. The molecule has 0 N–H and O–H groups in total. The number of hydrogen-bond acceptors (Lipinski definition) is 2. The van der Waals surface area contributed by atoms with E-state index in [2.05, 4.69) is 15.9 Å². The zero-order chi connectivity index (χ0) is 10.8. The number of fused-ring (bicyclic) bond motifs is 1. The van der Waals surface area contributed by atoms with Gasteiger partial charge in [-0.1, -0.05) is 22.0 Å². The van der Waals surface area contributed by atoms with Crippen molar-refractivity contribution in [2.45, 2.75) is 11.3 Å². The van der Waals surface area contributed by atoms with Gasteiger partial charge in [-0.3, -0.25) is 0 Å². The molecule has 0 aliphatic carbocycles. The molecule has 0 fully saturated rings. The average molecular weight is 279 g/mol. The van der Waals surface area contributed by atoms with Gasteiger partial charge < -0.3 is 9.47 Å². The number of benzene rings is 1. The number of halogens is 3. The molecule has 2 rings (SSSR count). The van der Waals surface area contributed by atoms with Gasteiger partial charge in [0.25, 0.3) is 6.43 Å². The Morgan fingerprint density at radius 3 is 2.47 bits per heavy atom. The van der Waals surface area contributed by atoms with Crippen LogP contribution in [0.25, 0.3) is 0 Å². The summed E-state index contributed by atoms with van der Waals surface area (Å²) < 4.78 is 35.4. The number of alkyl halides is 3. The lowest BCUT2D eigenvalue weighted by atomic mass is 10.1. The Bertz CT molecular complexity index is 357. The zero-order valence-electron chi connectivity index (χ0n) is 7.75. The molecule has 0 spiro atoms. The summed E-state index contributed by atoms with van der Waals surface area (Å²) in [6, 6.07) is 4.85. The van der Waals surface area contributed by atoms with Crippen molar-refractivity contribution in [1.29, 1.82) is 0 Å². The minimum Gasteiger partial charge on any atom is -0.486 e. The van der Waals surface area contributed by atoms with Crippen LogP contribution >= 0.6 is 15.9 Å². The van der Waals surface area contributed by atoms with Crippen LogP contribution in [0.3, 0.4) is 0 Å². The summed E-state index contributed by atoms with van der Waals surface area (Å²) in [5.74, 6) is 1.14. The van der Waals surface area contributed by atoms with Crippen molar-refractivity contribution in [1.82, 2.24) is 0 Å². The van der Waals surface area contributed by atoms with Crippen LogP contribution in [0.1, 0.15) is 10.4 Å². The third-order valence-electron chi connectivity index (χ3n) is 2.11. The average Bonchev–Trinajstić information content (AvgIpc) is 2.27. The van der Waals surface area contributed by atoms with Crippen LogP contribution < -0.4 is 9.47 Å². The van der Waals surface area contributed by atoms with Gasteiger partial charge in [-0.15, -0.1) is 0 Å². The van der Waals surface area contributed by atoms with E-state index in [1.807, 2.05) is 0 Å². The van der Waals surface area contributed by atoms with Crippen LogP contribution in [0.2, 0.25) is 0 Å². The van der Waals surface area contributed by atoms with Crippen LogP contribution in [0.4, 0.5) is 8.78 Å². The second-order valence-corrected chi connectivity index (χ2v) is 4.13. The Balaban J connectivity index is 2.27. The van der Waals surface area contributed by atoms with E-state index in [-0.39, 0.29) is 0 Å². The van der Waals surface area contributed by atoms with Crippen molar-refractivity contribution < 1.29 is 18.3 Å². The largest absolute Gasteiger partial charge is 0.486 e. The van der Waals surface area contributed by atoms with Crippen LogP contribution in [0.5, 0.6) is 11.5 Å². The highest BCUT2D eigenvalue weighted by Crippen LogP contribution is 2.37. The van der Waals surface area contributed by atoms with Gasteiger partial charge in [-0.2, -0.15) is 0 Å². The quantitative estimate of drug-likeness (QED) is 0.774. The maximum Gasteiger partial charge on any atom is 0.255 e. The first kappa shape index (κ1) is 10.7. The lowest BCUT2D eigenvalue weighted by Gasteiger charge is -2.19. The predicted molar refractivity (Wildman–Crippen MR) is 55.1 cm³/mol. The van der Waals surface area contributed by atoms with Gasteiger partial charge in [0.1, 0.15) is 18.0 Å². The topological polar surface area (TPSA) is 18.5 Å². The molecule has 2 nitrogen and oxygen atoms in total. The monoisotopic (exact) mass is 278 g/mol. The zero-order valence-corrected chi connectivity index (χ0v) is 9.34. The van der Waals surface area contributed by atoms with Crippen LogP contribution in [-0.2, 0) is 0 Å². The smallest absolute Gasteiger partial charge is 0.255 e. The third-order valence-corrected chi connectivity index (χ3v) is 3.03. The summed E-state index contributed by atoms with van der Waals surface area (Å²) in [7, 11) is 0. The van der Waals surface area contributed by atoms with Crippen molar-refractivity contribution in [2.24, 2.45) is 0 Å². The fourth-order valence-corrected chi connectivity index (χ4v) is 1.66. The van der Waals surface area contributed by atoms with Gasteiger partial charge in [0.2, 0.25) is 0 Å². The summed E-state index contributed by atoms with van der Waals surface area (Å²) in [4.78, 5) is -0.965. The molecule has 1 aromatic carbocycles. The van der Waals surface area contributed by atoms with E-state index in [0.717, 1.165) is 0 Å². The summed E-state index contributed by atoms with van der Waals surface area (Å²) >= 11 is 2.93. The molecule has 0 saturated carbocycles. The van der Waals surface area contributed by atoms with E-state index in [9.17, 15) is 8.78 Å². The summed E-state index contributed by atoms with van der Waals surface area (Å²) in [5, 5.41) is 0. The molecule has 1 heterocycles. The van der Waals surface area contributed by atoms with Crippen molar-refractivity contribution in [3.63, 3.8) is 0 Å². The fraction of sp³-hybridized carbons (Fsp3) is 0.400. The van der Waals surface area contributed by atoms with Crippen LogP contribution in [-0.4, -0.2) is 19.6 Å². The molecular formula is C10H9BrF2O2. The van der Waals surface area contributed by atoms with E-state index in [0.29, 0.717) is 30.3 Å². The highest BCUT2D eigenvalue weighted by Gasteiger charge is 2.21. The molecule has 0 radical (unpaired) electrons. The minimum atomic E-state index is -2.44. The fourth-order valence-electron chi connectivity index (χ4n) is 1.38. The van der Waals surface area contributed by atoms with Crippen molar-refractivity contribution in [2.75, 3.05) is 13.2 Å². The summed E-state index contributed by atoms with van der Waals surface area (Å²) in [6.07, 6.45) is -2.44. The standard InChI is InChI=1S/C10H9BrF2O2/c11-9(10(12)13)6-1-2-7-8(5-6)15-4-3-14-7/h1-2,5,9-10H,3-4H2. The first-order chi connectivity index (χ1) is 7.18. The summed E-state index contributed by atoms with van der Waals surface area (Å²) in [5.41, 5.74) is 0.495. The van der Waals surface area contributed by atoms with Crippen LogP contribution in [0.15, 0.2) is 18.2 Å². The highest BCUT2D eigenvalue weighted by atomic mass is 79.9. The first-order valence-corrected chi connectivity index (χ1v) is 5.42. The van der Waals surface area contributed by atoms with Crippen molar-refractivity contribution in [3.8, 4) is 11.5 Å². The molecule has 1 atom stereocenters. The van der Waals surface area contributed by atoms with Gasteiger partial charge in [-0.05, 0) is 17.7 Å². The lowest BCUT2D eigenvalue weighted by Crippen LogP contribution is -2.15. The molecule has 1 aromatic rings. The molecular weight excluding hydrogens is 270 g/mol. The van der Waals surface area contributed by atoms with E-state index < -0.39 is 11.3 Å². The first-order valence-electron chi connectivity index (χ1n) is 4.50. The second-order valence-electron chi connectivity index (χ2n) is 3.14. The Labute approximate surface area is 94.3 Å². The van der Waals surface area contributed by atoms with E-state index in [4.69, 9.17) is 9.47 Å². The minimum absolute atomic E-state index is 0.456. The Kier molecular flexibility index (Phi) is 3.09. The molecule has 0 aromatic heterocycles. The van der Waals surface area contributed by atoms with E-state index >= 15 is 0 Å². The van der Waals surface area contributed by atoms with E-state index in [1.165, 1.54) is 0 Å². The molecule has 82 valence electrons. The molecule has 15 heavy (non-hydrogen) atoms. The number of rotatable bonds is 2. The SMILES string of the molecule is FC(F)C(Br)c1ccc2c(c1)OCCO2. The second kappa shape index (κ2) is 4.35. The molecule has 0 saturated heterocycles. The van der Waals surface area contributed by atoms with Crippen LogP contribution in [0, 0.1) is 0 Å². The van der Waals surface area contributed by atoms with Gasteiger partial charge in [0.05, 0.1) is 0 Å². The van der Waals surface area contributed by atoms with Crippen molar-refractivity contribution >= 4 is 15.9 Å². The lowest BCUT2D eigenvalue weighted by molar-refractivity contribution is 0.146. The molecule has 1 aliphatic rings. The van der Waals surface area contributed by atoms with Crippen molar-refractivity contribution in [3.05, 3.63) is 23.8 Å².